The van der Waals surface area contributed by atoms with Gasteiger partial charge in [0.15, 0.2) is 11.5 Å². The van der Waals surface area contributed by atoms with Gasteiger partial charge in [0.2, 0.25) is 0 Å². The molecule has 0 aromatic heterocycles. The van der Waals surface area contributed by atoms with E-state index in [-0.39, 0.29) is 11.1 Å². The molecule has 1 aliphatic heterocycles. The number of fused-ring (bicyclic) bond motifs is 2. The highest BCUT2D eigenvalue weighted by Crippen LogP contribution is 2.57. The van der Waals surface area contributed by atoms with Crippen LogP contribution in [0.25, 0.3) is 0 Å². The highest BCUT2D eigenvalue weighted by Gasteiger charge is 2.34. The third kappa shape index (κ3) is 4.06. The summed E-state index contributed by atoms with van der Waals surface area (Å²) in [4.78, 5) is 4.10. The number of benzene rings is 2. The van der Waals surface area contributed by atoms with E-state index in [4.69, 9.17) is 9.47 Å². The largest absolute Gasteiger partial charge is 0.491 e. The standard InChI is InChI=1S/C24H27N3O2S/c1-4-7-8-11-14-29-23-18(16-26)17(15-25)22(28-6-3)21-24(23)30-20-13-10-9-12-19(20)27(21)5-2/h9-10,12-13H,4-8,11,14H2,1-3H3. The quantitative estimate of drug-likeness (QED) is 0.436. The highest BCUT2D eigenvalue weighted by atomic mass is 32.2. The lowest BCUT2D eigenvalue weighted by atomic mass is 10.0. The van der Waals surface area contributed by atoms with E-state index in [2.05, 4.69) is 43.0 Å². The van der Waals surface area contributed by atoms with Gasteiger partial charge in [-0.1, -0.05) is 50.1 Å². The Morgan fingerprint density at radius 1 is 0.933 bits per heavy atom. The van der Waals surface area contributed by atoms with Crippen molar-refractivity contribution in [3.63, 3.8) is 0 Å². The van der Waals surface area contributed by atoms with Gasteiger partial charge in [0, 0.05) is 11.4 Å². The molecule has 0 unspecified atom stereocenters. The van der Waals surface area contributed by atoms with E-state index < -0.39 is 0 Å². The number of ether oxygens (including phenoxy) is 2. The zero-order valence-electron chi connectivity index (χ0n) is 17.8. The molecule has 0 saturated carbocycles. The van der Waals surface area contributed by atoms with Crippen LogP contribution in [0.1, 0.15) is 57.6 Å². The third-order valence-corrected chi connectivity index (χ3v) is 6.20. The maximum atomic E-state index is 9.92. The minimum atomic E-state index is 0.250. The zero-order valence-corrected chi connectivity index (χ0v) is 18.6. The van der Waals surface area contributed by atoms with Crippen LogP contribution in [-0.2, 0) is 0 Å². The number of rotatable bonds is 9. The minimum absolute atomic E-state index is 0.250. The summed E-state index contributed by atoms with van der Waals surface area (Å²) < 4.78 is 12.1. The maximum Gasteiger partial charge on any atom is 0.163 e. The molecule has 30 heavy (non-hydrogen) atoms. The van der Waals surface area contributed by atoms with Crippen molar-refractivity contribution in [1.29, 1.82) is 10.5 Å². The molecule has 0 N–H and O–H groups in total. The number of hydrogen-bond donors (Lipinski definition) is 0. The Balaban J connectivity index is 2.19. The Labute approximate surface area is 183 Å². The number of hydrogen-bond acceptors (Lipinski definition) is 6. The predicted molar refractivity (Wildman–Crippen MR) is 120 cm³/mol. The zero-order chi connectivity index (χ0) is 21.5. The first-order chi connectivity index (χ1) is 14.7. The lowest BCUT2D eigenvalue weighted by molar-refractivity contribution is 0.295. The summed E-state index contributed by atoms with van der Waals surface area (Å²) in [5.74, 6) is 0.968. The van der Waals surface area contributed by atoms with Crippen molar-refractivity contribution < 1.29 is 9.47 Å². The molecule has 0 atom stereocenters. The number of anilines is 2. The fourth-order valence-electron chi connectivity index (χ4n) is 3.67. The molecule has 0 saturated heterocycles. The Hall–Kier alpha value is -2.83. The number of para-hydroxylation sites is 1. The number of nitrogens with zero attached hydrogens (tertiary/aromatic N) is 3. The van der Waals surface area contributed by atoms with Crippen LogP contribution in [0.2, 0.25) is 0 Å². The lowest BCUT2D eigenvalue weighted by Crippen LogP contribution is -2.22. The molecule has 3 rings (SSSR count). The van der Waals surface area contributed by atoms with Crippen molar-refractivity contribution in [3.05, 3.63) is 35.4 Å². The summed E-state index contributed by atoms with van der Waals surface area (Å²) in [6.07, 6.45) is 4.31. The van der Waals surface area contributed by atoms with Gasteiger partial charge in [-0.15, -0.1) is 0 Å². The summed E-state index contributed by atoms with van der Waals surface area (Å²) in [5.41, 5.74) is 2.40. The molecule has 2 aromatic rings. The Morgan fingerprint density at radius 3 is 2.33 bits per heavy atom. The van der Waals surface area contributed by atoms with Crippen molar-refractivity contribution >= 4 is 23.1 Å². The van der Waals surface area contributed by atoms with Crippen LogP contribution in [0.15, 0.2) is 34.1 Å². The fourth-order valence-corrected chi connectivity index (χ4v) is 4.88. The molecular formula is C24H27N3O2S. The Morgan fingerprint density at radius 2 is 1.67 bits per heavy atom. The van der Waals surface area contributed by atoms with E-state index in [1.165, 1.54) is 0 Å². The van der Waals surface area contributed by atoms with Gasteiger partial charge in [-0.3, -0.25) is 0 Å². The van der Waals surface area contributed by atoms with Gasteiger partial charge in [0.1, 0.15) is 29.0 Å². The molecule has 156 valence electrons. The van der Waals surface area contributed by atoms with Crippen molar-refractivity contribution in [2.45, 2.75) is 56.2 Å². The van der Waals surface area contributed by atoms with Gasteiger partial charge in [-0.05, 0) is 32.4 Å². The van der Waals surface area contributed by atoms with Gasteiger partial charge in [0.05, 0.1) is 23.8 Å². The molecule has 6 heteroatoms. The Kier molecular flexibility index (Phi) is 7.49. The van der Waals surface area contributed by atoms with E-state index in [0.717, 1.165) is 46.8 Å². The van der Waals surface area contributed by atoms with Gasteiger partial charge < -0.3 is 14.4 Å². The lowest BCUT2D eigenvalue weighted by Gasteiger charge is -2.34. The third-order valence-electron chi connectivity index (χ3n) is 5.05. The molecule has 0 fully saturated rings. The van der Waals surface area contributed by atoms with Crippen LogP contribution in [0.3, 0.4) is 0 Å². The van der Waals surface area contributed by atoms with Gasteiger partial charge in [-0.2, -0.15) is 10.5 Å². The summed E-state index contributed by atoms with van der Waals surface area (Å²) >= 11 is 1.58. The van der Waals surface area contributed by atoms with Crippen LogP contribution < -0.4 is 14.4 Å². The van der Waals surface area contributed by atoms with Crippen LogP contribution in [-0.4, -0.2) is 19.8 Å². The first-order valence-electron chi connectivity index (χ1n) is 10.6. The minimum Gasteiger partial charge on any atom is -0.491 e. The van der Waals surface area contributed by atoms with Gasteiger partial charge >= 0.3 is 0 Å². The number of nitriles is 2. The van der Waals surface area contributed by atoms with Crippen LogP contribution in [0.4, 0.5) is 11.4 Å². The van der Waals surface area contributed by atoms with Crippen LogP contribution in [0, 0.1) is 22.7 Å². The average molecular weight is 422 g/mol. The monoisotopic (exact) mass is 421 g/mol. The molecular weight excluding hydrogens is 394 g/mol. The highest BCUT2D eigenvalue weighted by molar-refractivity contribution is 7.99. The summed E-state index contributed by atoms with van der Waals surface area (Å²) in [6.45, 7) is 7.77. The first kappa shape index (κ1) is 21.9. The van der Waals surface area contributed by atoms with Crippen molar-refractivity contribution in [1.82, 2.24) is 0 Å². The second-order valence-electron chi connectivity index (χ2n) is 6.97. The number of unbranched alkanes of at least 4 members (excludes halogenated alkanes) is 3. The fraction of sp³-hybridized carbons (Fsp3) is 0.417. The molecule has 1 heterocycles. The van der Waals surface area contributed by atoms with E-state index in [9.17, 15) is 10.5 Å². The SMILES string of the molecule is CCCCCCOc1c(C#N)c(C#N)c(OCC)c2c1Sc1ccccc1N2CC. The molecule has 0 bridgehead atoms. The molecule has 2 aromatic carbocycles. The normalized spacial score (nSPS) is 11.8. The molecule has 0 amide bonds. The Bertz CT molecular complexity index is 991. The molecule has 1 aliphatic rings. The summed E-state index contributed by atoms with van der Waals surface area (Å²) in [7, 11) is 0. The summed E-state index contributed by atoms with van der Waals surface area (Å²) in [5, 5.41) is 19.8. The molecule has 0 aliphatic carbocycles. The van der Waals surface area contributed by atoms with Crippen molar-refractivity contribution in [3.8, 4) is 23.6 Å². The summed E-state index contributed by atoms with van der Waals surface area (Å²) in [6, 6.07) is 12.6. The van der Waals surface area contributed by atoms with Crippen LogP contribution in [0.5, 0.6) is 11.5 Å². The maximum absolute atomic E-state index is 9.92. The second kappa shape index (κ2) is 10.3. The predicted octanol–water partition coefficient (Wildman–Crippen LogP) is 6.41. The molecule has 5 nitrogen and oxygen atoms in total. The van der Waals surface area contributed by atoms with Crippen LogP contribution >= 0.6 is 11.8 Å². The van der Waals surface area contributed by atoms with Gasteiger partial charge in [-0.25, -0.2) is 0 Å². The van der Waals surface area contributed by atoms with Crippen molar-refractivity contribution in [2.75, 3.05) is 24.7 Å². The average Bonchev–Trinajstić information content (AvgIpc) is 2.78. The molecule has 0 radical (unpaired) electrons. The van der Waals surface area contributed by atoms with E-state index in [1.807, 2.05) is 19.1 Å². The first-order valence-corrected chi connectivity index (χ1v) is 11.4. The van der Waals surface area contributed by atoms with E-state index >= 15 is 0 Å². The van der Waals surface area contributed by atoms with Crippen molar-refractivity contribution in [2.24, 2.45) is 0 Å². The van der Waals surface area contributed by atoms with E-state index in [1.54, 1.807) is 11.8 Å². The second-order valence-corrected chi connectivity index (χ2v) is 8.02. The smallest absolute Gasteiger partial charge is 0.163 e. The molecule has 0 spiro atoms. The van der Waals surface area contributed by atoms with Gasteiger partial charge in [0.25, 0.3) is 0 Å². The topological polar surface area (TPSA) is 69.3 Å². The van der Waals surface area contributed by atoms with E-state index in [0.29, 0.717) is 31.3 Å².